The summed E-state index contributed by atoms with van der Waals surface area (Å²) in [6.45, 7) is 0.474. The Hall–Kier alpha value is -3.97. The second-order valence-electron chi connectivity index (χ2n) is 7.95. The number of nitrogens with zero attached hydrogens (tertiary/aromatic N) is 2. The molecule has 0 saturated carbocycles. The molecule has 1 heterocycles. The minimum atomic E-state index is -0.864. The SMILES string of the molecule is N#CC1(CCC(=O)c2ccccc2)CC=C(c2ccccc2)NC1=NCc1ccccc1. The molecule has 1 atom stereocenters. The Morgan fingerprint density at radius 3 is 2.22 bits per heavy atom. The average Bonchev–Trinajstić information content (AvgIpc) is 2.88. The summed E-state index contributed by atoms with van der Waals surface area (Å²) in [6, 6.07) is 31.7. The van der Waals surface area contributed by atoms with Gasteiger partial charge in [0.05, 0.1) is 12.6 Å². The molecule has 1 aliphatic rings. The predicted octanol–water partition coefficient (Wildman–Crippen LogP) is 5.79. The fourth-order valence-electron chi connectivity index (χ4n) is 3.89. The number of amidine groups is 1. The first-order valence-electron chi connectivity index (χ1n) is 10.8. The number of ketones is 1. The first-order valence-corrected chi connectivity index (χ1v) is 10.8. The van der Waals surface area contributed by atoms with Gasteiger partial charge in [0.25, 0.3) is 0 Å². The van der Waals surface area contributed by atoms with Crippen LogP contribution in [0.25, 0.3) is 5.70 Å². The van der Waals surface area contributed by atoms with E-state index in [0.717, 1.165) is 16.8 Å². The fourth-order valence-corrected chi connectivity index (χ4v) is 3.89. The van der Waals surface area contributed by atoms with Crippen LogP contribution >= 0.6 is 0 Å². The zero-order valence-corrected chi connectivity index (χ0v) is 17.9. The molecule has 4 nitrogen and oxygen atoms in total. The lowest BCUT2D eigenvalue weighted by Gasteiger charge is -2.33. The van der Waals surface area contributed by atoms with Crippen LogP contribution in [0.5, 0.6) is 0 Å². The monoisotopic (exact) mass is 419 g/mol. The van der Waals surface area contributed by atoms with Gasteiger partial charge in [0.2, 0.25) is 0 Å². The number of rotatable bonds is 7. The molecule has 158 valence electrons. The normalized spacial score (nSPS) is 19.0. The zero-order valence-electron chi connectivity index (χ0n) is 17.9. The molecule has 4 rings (SSSR count). The van der Waals surface area contributed by atoms with Crippen molar-refractivity contribution in [2.75, 3.05) is 0 Å². The third kappa shape index (κ3) is 4.84. The summed E-state index contributed by atoms with van der Waals surface area (Å²) in [5.74, 6) is 0.673. The molecule has 32 heavy (non-hydrogen) atoms. The molecule has 3 aromatic carbocycles. The van der Waals surface area contributed by atoms with Crippen LogP contribution in [0.3, 0.4) is 0 Å². The van der Waals surface area contributed by atoms with Crippen molar-refractivity contribution in [3.05, 3.63) is 114 Å². The number of benzene rings is 3. The lowest BCUT2D eigenvalue weighted by atomic mass is 9.76. The van der Waals surface area contributed by atoms with Crippen LogP contribution in [-0.2, 0) is 6.54 Å². The minimum Gasteiger partial charge on any atom is -0.342 e. The summed E-state index contributed by atoms with van der Waals surface area (Å²) >= 11 is 0. The smallest absolute Gasteiger partial charge is 0.162 e. The first kappa shape index (κ1) is 21.3. The maximum Gasteiger partial charge on any atom is 0.162 e. The van der Waals surface area contributed by atoms with Crippen molar-refractivity contribution in [3.8, 4) is 6.07 Å². The molecule has 1 unspecified atom stereocenters. The molecule has 0 radical (unpaired) electrons. The Balaban J connectivity index is 1.61. The van der Waals surface area contributed by atoms with Gasteiger partial charge in [-0.2, -0.15) is 5.26 Å². The molecule has 4 heteroatoms. The van der Waals surface area contributed by atoms with E-state index in [9.17, 15) is 10.1 Å². The number of hydrogen-bond acceptors (Lipinski definition) is 3. The highest BCUT2D eigenvalue weighted by molar-refractivity contribution is 6.00. The van der Waals surface area contributed by atoms with Crippen LogP contribution < -0.4 is 5.32 Å². The second kappa shape index (κ2) is 9.89. The molecule has 3 aromatic rings. The first-order chi connectivity index (χ1) is 15.7. The van der Waals surface area contributed by atoms with Gasteiger partial charge in [-0.15, -0.1) is 0 Å². The summed E-state index contributed by atoms with van der Waals surface area (Å²) in [5, 5.41) is 13.7. The largest absolute Gasteiger partial charge is 0.342 e. The van der Waals surface area contributed by atoms with Gasteiger partial charge in [-0.05, 0) is 24.0 Å². The Morgan fingerprint density at radius 2 is 1.56 bits per heavy atom. The summed E-state index contributed by atoms with van der Waals surface area (Å²) in [5.41, 5.74) is 2.87. The minimum absolute atomic E-state index is 0.0421. The van der Waals surface area contributed by atoms with Gasteiger partial charge >= 0.3 is 0 Å². The fraction of sp³-hybridized carbons (Fsp3) is 0.179. The van der Waals surface area contributed by atoms with E-state index in [1.54, 1.807) is 0 Å². The average molecular weight is 420 g/mol. The van der Waals surface area contributed by atoms with Crippen LogP contribution in [0.2, 0.25) is 0 Å². The van der Waals surface area contributed by atoms with Crippen molar-refractivity contribution in [1.82, 2.24) is 5.32 Å². The maximum atomic E-state index is 12.7. The highest BCUT2D eigenvalue weighted by atomic mass is 16.1. The van der Waals surface area contributed by atoms with Crippen LogP contribution in [-0.4, -0.2) is 11.6 Å². The van der Waals surface area contributed by atoms with Crippen LogP contribution in [0.1, 0.15) is 40.7 Å². The molecule has 0 aromatic heterocycles. The van der Waals surface area contributed by atoms with E-state index in [0.29, 0.717) is 30.8 Å². The molecular formula is C28H25N3O. The third-order valence-electron chi connectivity index (χ3n) is 5.80. The van der Waals surface area contributed by atoms with Gasteiger partial charge in [-0.3, -0.25) is 9.79 Å². The number of hydrogen-bond donors (Lipinski definition) is 1. The van der Waals surface area contributed by atoms with Gasteiger partial charge < -0.3 is 5.32 Å². The van der Waals surface area contributed by atoms with Crippen LogP contribution in [0.4, 0.5) is 0 Å². The number of aliphatic imine (C=N–C) groups is 1. The van der Waals surface area contributed by atoms with Crippen molar-refractivity contribution >= 4 is 17.3 Å². The third-order valence-corrected chi connectivity index (χ3v) is 5.80. The van der Waals surface area contributed by atoms with Crippen LogP contribution in [0.15, 0.2) is 102 Å². The van der Waals surface area contributed by atoms with E-state index >= 15 is 0 Å². The molecule has 0 bridgehead atoms. The lowest BCUT2D eigenvalue weighted by Crippen LogP contribution is -2.42. The molecule has 0 spiro atoms. The van der Waals surface area contributed by atoms with Crippen LogP contribution in [0, 0.1) is 16.7 Å². The van der Waals surface area contributed by atoms with Crippen molar-refractivity contribution in [1.29, 1.82) is 5.26 Å². The highest BCUT2D eigenvalue weighted by Crippen LogP contribution is 2.35. The molecule has 1 N–H and O–H groups in total. The van der Waals surface area contributed by atoms with Gasteiger partial charge in [0.1, 0.15) is 11.3 Å². The molecule has 0 fully saturated rings. The standard InChI is InChI=1S/C28H25N3O/c29-21-28(19-17-26(32)24-14-8-3-9-15-24)18-16-25(23-12-6-2-7-13-23)31-27(28)30-20-22-10-4-1-5-11-22/h1-16H,17-20H2,(H,30,31). The van der Waals surface area contributed by atoms with Crippen molar-refractivity contribution in [2.45, 2.75) is 25.8 Å². The topological polar surface area (TPSA) is 65.2 Å². The molecule has 0 amide bonds. The number of nitrogens with one attached hydrogen (secondary N) is 1. The van der Waals surface area contributed by atoms with E-state index in [1.165, 1.54) is 0 Å². The van der Waals surface area contributed by atoms with Gasteiger partial charge in [-0.1, -0.05) is 97.1 Å². The second-order valence-corrected chi connectivity index (χ2v) is 7.95. The Morgan fingerprint density at radius 1 is 0.938 bits per heavy atom. The molecule has 0 aliphatic carbocycles. The Labute approximate surface area is 188 Å². The molecule has 0 saturated heterocycles. The van der Waals surface area contributed by atoms with E-state index in [4.69, 9.17) is 4.99 Å². The highest BCUT2D eigenvalue weighted by Gasteiger charge is 2.39. The quantitative estimate of drug-likeness (QED) is 0.493. The van der Waals surface area contributed by atoms with Gasteiger partial charge in [-0.25, -0.2) is 0 Å². The Kier molecular flexibility index (Phi) is 6.57. The zero-order chi connectivity index (χ0) is 22.2. The number of Topliss-reactive ketones (excluding diaryl/α,β-unsaturated/α-hetero) is 1. The van der Waals surface area contributed by atoms with Gasteiger partial charge in [0.15, 0.2) is 5.78 Å². The number of carbonyl (C=O) groups is 1. The maximum absolute atomic E-state index is 12.7. The van der Waals surface area contributed by atoms with Crippen molar-refractivity contribution < 1.29 is 4.79 Å². The van der Waals surface area contributed by atoms with E-state index < -0.39 is 5.41 Å². The van der Waals surface area contributed by atoms with E-state index in [2.05, 4.69) is 11.4 Å². The van der Waals surface area contributed by atoms with E-state index in [1.807, 2.05) is 97.1 Å². The molecule has 1 aliphatic heterocycles. The summed E-state index contributed by atoms with van der Waals surface area (Å²) in [4.78, 5) is 17.6. The number of nitriles is 1. The summed E-state index contributed by atoms with van der Waals surface area (Å²) < 4.78 is 0. The van der Waals surface area contributed by atoms with Gasteiger partial charge in [0, 0.05) is 17.7 Å². The number of allylic oxidation sites excluding steroid dienone is 1. The Bertz CT molecular complexity index is 1160. The molecular weight excluding hydrogens is 394 g/mol. The van der Waals surface area contributed by atoms with Crippen molar-refractivity contribution in [3.63, 3.8) is 0 Å². The number of carbonyl (C=O) groups excluding carboxylic acids is 1. The summed E-state index contributed by atoms with van der Waals surface area (Å²) in [7, 11) is 0. The lowest BCUT2D eigenvalue weighted by molar-refractivity contribution is 0.0973. The summed E-state index contributed by atoms with van der Waals surface area (Å²) in [6.07, 6.45) is 3.26. The van der Waals surface area contributed by atoms with Crippen molar-refractivity contribution in [2.24, 2.45) is 10.4 Å². The predicted molar refractivity (Wildman–Crippen MR) is 128 cm³/mol. The van der Waals surface area contributed by atoms with E-state index in [-0.39, 0.29) is 12.2 Å².